The predicted molar refractivity (Wildman–Crippen MR) is 85.1 cm³/mol. The van der Waals surface area contributed by atoms with E-state index in [1.807, 2.05) is 24.3 Å². The van der Waals surface area contributed by atoms with E-state index in [4.69, 9.17) is 18.9 Å². The maximum absolute atomic E-state index is 5.23. The van der Waals surface area contributed by atoms with Gasteiger partial charge in [-0.3, -0.25) is 0 Å². The molecule has 0 unspecified atom stereocenters. The van der Waals surface area contributed by atoms with Crippen molar-refractivity contribution < 1.29 is 18.9 Å². The summed E-state index contributed by atoms with van der Waals surface area (Å²) in [6, 6.07) is 11.0. The van der Waals surface area contributed by atoms with Gasteiger partial charge < -0.3 is 18.9 Å². The van der Waals surface area contributed by atoms with Crippen LogP contribution in [-0.2, 0) is 0 Å². The molecule has 0 N–H and O–H groups in total. The first-order chi connectivity index (χ1) is 10.7. The van der Waals surface area contributed by atoms with Gasteiger partial charge in [-0.1, -0.05) is 11.8 Å². The van der Waals surface area contributed by atoms with Crippen molar-refractivity contribution in [1.29, 1.82) is 0 Å². The third-order valence-corrected chi connectivity index (χ3v) is 3.05. The molecule has 0 heterocycles. The number of benzene rings is 2. The van der Waals surface area contributed by atoms with Crippen LogP contribution < -0.4 is 18.9 Å². The molecule has 114 valence electrons. The molecule has 2 rings (SSSR count). The number of hydrogen-bond donors (Lipinski definition) is 0. The van der Waals surface area contributed by atoms with Crippen molar-refractivity contribution in [3.8, 4) is 34.8 Å². The molecule has 0 saturated carbocycles. The fourth-order valence-electron chi connectivity index (χ4n) is 1.90. The molecule has 0 aliphatic heterocycles. The quantitative estimate of drug-likeness (QED) is 0.813. The minimum Gasteiger partial charge on any atom is -0.497 e. The summed E-state index contributed by atoms with van der Waals surface area (Å²) in [7, 11) is 6.44. The van der Waals surface area contributed by atoms with Crippen LogP contribution in [0.4, 0.5) is 0 Å². The van der Waals surface area contributed by atoms with E-state index in [1.165, 1.54) is 0 Å². The van der Waals surface area contributed by atoms with Crippen molar-refractivity contribution in [3.05, 3.63) is 47.5 Å². The van der Waals surface area contributed by atoms with Gasteiger partial charge in [-0.05, 0) is 24.3 Å². The van der Waals surface area contributed by atoms with Crippen LogP contribution in [0.1, 0.15) is 11.1 Å². The molecule has 0 saturated heterocycles. The molecule has 0 aliphatic carbocycles. The SMILES string of the molecule is COc1cc(C#Cc2cc(OC)cc(OC)c2)cc(OC)c1. The van der Waals surface area contributed by atoms with Gasteiger partial charge in [0.25, 0.3) is 0 Å². The zero-order chi connectivity index (χ0) is 15.9. The van der Waals surface area contributed by atoms with E-state index >= 15 is 0 Å². The van der Waals surface area contributed by atoms with Crippen molar-refractivity contribution >= 4 is 0 Å². The van der Waals surface area contributed by atoms with Gasteiger partial charge in [-0.2, -0.15) is 0 Å². The van der Waals surface area contributed by atoms with Crippen LogP contribution in [0.25, 0.3) is 0 Å². The second-order valence-electron chi connectivity index (χ2n) is 4.45. The lowest BCUT2D eigenvalue weighted by Gasteiger charge is -2.05. The molecule has 0 amide bonds. The Labute approximate surface area is 130 Å². The van der Waals surface area contributed by atoms with E-state index in [9.17, 15) is 0 Å². The van der Waals surface area contributed by atoms with Crippen LogP contribution in [0.3, 0.4) is 0 Å². The highest BCUT2D eigenvalue weighted by molar-refractivity contribution is 5.51. The topological polar surface area (TPSA) is 36.9 Å². The summed E-state index contributed by atoms with van der Waals surface area (Å²) in [5.74, 6) is 8.99. The highest BCUT2D eigenvalue weighted by atomic mass is 16.5. The number of rotatable bonds is 4. The minimum atomic E-state index is 0.701. The van der Waals surface area contributed by atoms with Gasteiger partial charge in [-0.15, -0.1) is 0 Å². The molecular formula is C18H18O4. The van der Waals surface area contributed by atoms with Crippen molar-refractivity contribution in [3.63, 3.8) is 0 Å². The van der Waals surface area contributed by atoms with Crippen LogP contribution in [0.15, 0.2) is 36.4 Å². The van der Waals surface area contributed by atoms with Crippen LogP contribution >= 0.6 is 0 Å². The van der Waals surface area contributed by atoms with Crippen LogP contribution in [-0.4, -0.2) is 28.4 Å². The first kappa shape index (κ1) is 15.6. The molecule has 4 heteroatoms. The maximum Gasteiger partial charge on any atom is 0.123 e. The zero-order valence-corrected chi connectivity index (χ0v) is 13.1. The summed E-state index contributed by atoms with van der Waals surface area (Å²) in [5.41, 5.74) is 1.61. The van der Waals surface area contributed by atoms with Gasteiger partial charge >= 0.3 is 0 Å². The molecule has 0 spiro atoms. The molecule has 0 radical (unpaired) electrons. The molecule has 2 aromatic carbocycles. The molecule has 2 aromatic rings. The third kappa shape index (κ3) is 3.86. The fourth-order valence-corrected chi connectivity index (χ4v) is 1.90. The van der Waals surface area contributed by atoms with Gasteiger partial charge in [0.05, 0.1) is 28.4 Å². The Morgan fingerprint density at radius 3 is 1.00 bits per heavy atom. The summed E-state index contributed by atoms with van der Waals surface area (Å²) in [6.45, 7) is 0. The average Bonchev–Trinajstić information content (AvgIpc) is 2.59. The smallest absolute Gasteiger partial charge is 0.123 e. The predicted octanol–water partition coefficient (Wildman–Crippen LogP) is 3.12. The first-order valence-electron chi connectivity index (χ1n) is 6.66. The van der Waals surface area contributed by atoms with Crippen molar-refractivity contribution in [1.82, 2.24) is 0 Å². The Hall–Kier alpha value is -2.80. The van der Waals surface area contributed by atoms with E-state index in [1.54, 1.807) is 40.6 Å². The van der Waals surface area contributed by atoms with Crippen molar-refractivity contribution in [2.45, 2.75) is 0 Å². The van der Waals surface area contributed by atoms with Gasteiger partial charge in [0.15, 0.2) is 0 Å². The van der Waals surface area contributed by atoms with Crippen LogP contribution in [0, 0.1) is 11.8 Å². The zero-order valence-electron chi connectivity index (χ0n) is 13.1. The maximum atomic E-state index is 5.23. The Morgan fingerprint density at radius 2 is 0.773 bits per heavy atom. The third-order valence-electron chi connectivity index (χ3n) is 3.05. The summed E-state index contributed by atoms with van der Waals surface area (Å²) in [6.07, 6.45) is 0. The van der Waals surface area contributed by atoms with Gasteiger partial charge in [0.2, 0.25) is 0 Å². The fraction of sp³-hybridized carbons (Fsp3) is 0.222. The van der Waals surface area contributed by atoms with E-state index in [-0.39, 0.29) is 0 Å². The molecule has 0 aromatic heterocycles. The molecule has 0 aliphatic rings. The molecule has 0 atom stereocenters. The monoisotopic (exact) mass is 298 g/mol. The second-order valence-corrected chi connectivity index (χ2v) is 4.45. The summed E-state index contributed by atoms with van der Waals surface area (Å²) < 4.78 is 20.9. The van der Waals surface area contributed by atoms with Gasteiger partial charge in [-0.25, -0.2) is 0 Å². The van der Waals surface area contributed by atoms with Crippen LogP contribution in [0.5, 0.6) is 23.0 Å². The Bertz CT molecular complexity index is 607. The highest BCUT2D eigenvalue weighted by Gasteiger charge is 2.01. The molecule has 4 nitrogen and oxygen atoms in total. The molecule has 0 bridgehead atoms. The van der Waals surface area contributed by atoms with E-state index in [0.717, 1.165) is 11.1 Å². The number of methoxy groups -OCH3 is 4. The minimum absolute atomic E-state index is 0.701. The lowest BCUT2D eigenvalue weighted by atomic mass is 10.1. The second kappa shape index (κ2) is 7.28. The van der Waals surface area contributed by atoms with Crippen molar-refractivity contribution in [2.24, 2.45) is 0 Å². The summed E-state index contributed by atoms with van der Waals surface area (Å²) in [5, 5.41) is 0. The van der Waals surface area contributed by atoms with E-state index in [0.29, 0.717) is 23.0 Å². The Balaban J connectivity index is 2.37. The molecule has 0 fully saturated rings. The largest absolute Gasteiger partial charge is 0.497 e. The van der Waals surface area contributed by atoms with Gasteiger partial charge in [0.1, 0.15) is 23.0 Å². The Morgan fingerprint density at radius 1 is 0.500 bits per heavy atom. The Kier molecular flexibility index (Phi) is 5.16. The molecular weight excluding hydrogens is 280 g/mol. The first-order valence-corrected chi connectivity index (χ1v) is 6.66. The molecule has 22 heavy (non-hydrogen) atoms. The summed E-state index contributed by atoms with van der Waals surface area (Å²) >= 11 is 0. The van der Waals surface area contributed by atoms with Gasteiger partial charge in [0, 0.05) is 23.3 Å². The lowest BCUT2D eigenvalue weighted by molar-refractivity contribution is 0.394. The standard InChI is InChI=1S/C18H18O4/c1-19-15-7-13(8-16(11-15)20-2)5-6-14-9-17(21-3)12-18(10-14)22-4/h7-12H,1-4H3. The number of hydrogen-bond acceptors (Lipinski definition) is 4. The normalized spacial score (nSPS) is 9.45. The van der Waals surface area contributed by atoms with E-state index in [2.05, 4.69) is 11.8 Å². The lowest BCUT2D eigenvalue weighted by Crippen LogP contribution is -1.89. The van der Waals surface area contributed by atoms with Crippen LogP contribution in [0.2, 0.25) is 0 Å². The summed E-state index contributed by atoms with van der Waals surface area (Å²) in [4.78, 5) is 0. The average molecular weight is 298 g/mol. The van der Waals surface area contributed by atoms with E-state index < -0.39 is 0 Å². The number of ether oxygens (including phenoxy) is 4. The highest BCUT2D eigenvalue weighted by Crippen LogP contribution is 2.23. The van der Waals surface area contributed by atoms with Crippen molar-refractivity contribution in [2.75, 3.05) is 28.4 Å².